The van der Waals surface area contributed by atoms with Gasteiger partial charge in [-0.15, -0.1) is 0 Å². The van der Waals surface area contributed by atoms with Crippen LogP contribution in [0.25, 0.3) is 0 Å². The third kappa shape index (κ3) is 3.00. The number of benzene rings is 2. The maximum atomic E-state index is 13.8. The molecule has 0 heterocycles. The van der Waals surface area contributed by atoms with Gasteiger partial charge in [-0.1, -0.05) is 18.2 Å². The Morgan fingerprint density at radius 2 is 1.89 bits per heavy atom. The van der Waals surface area contributed by atoms with Gasteiger partial charge in [-0.2, -0.15) is 0 Å². The summed E-state index contributed by atoms with van der Waals surface area (Å²) in [4.78, 5) is 1.99. The summed E-state index contributed by atoms with van der Waals surface area (Å²) in [5, 5.41) is 0. The SMILES string of the molecule is CC(c1ccccc1F)N(C)c1ccc(I)cc1N. The predicted octanol–water partition coefficient (Wildman–Crippen LogP) is 4.21. The van der Waals surface area contributed by atoms with E-state index in [1.165, 1.54) is 6.07 Å². The Morgan fingerprint density at radius 1 is 1.21 bits per heavy atom. The fourth-order valence-electron chi connectivity index (χ4n) is 2.08. The Bertz CT molecular complexity index is 586. The van der Waals surface area contributed by atoms with Crippen LogP contribution in [0.4, 0.5) is 15.8 Å². The van der Waals surface area contributed by atoms with Crippen molar-refractivity contribution in [3.05, 3.63) is 57.4 Å². The highest BCUT2D eigenvalue weighted by molar-refractivity contribution is 14.1. The first-order valence-electron chi connectivity index (χ1n) is 6.03. The Balaban J connectivity index is 2.33. The largest absolute Gasteiger partial charge is 0.397 e. The van der Waals surface area contributed by atoms with Crippen LogP contribution in [0.1, 0.15) is 18.5 Å². The fourth-order valence-corrected chi connectivity index (χ4v) is 2.59. The molecule has 0 aliphatic carbocycles. The van der Waals surface area contributed by atoms with Crippen molar-refractivity contribution >= 4 is 34.0 Å². The summed E-state index contributed by atoms with van der Waals surface area (Å²) in [5.41, 5.74) is 8.32. The first kappa shape index (κ1) is 14.1. The van der Waals surface area contributed by atoms with Gasteiger partial charge < -0.3 is 10.6 Å². The average molecular weight is 370 g/mol. The zero-order valence-corrected chi connectivity index (χ0v) is 13.1. The molecular formula is C15H16FIN2. The lowest BCUT2D eigenvalue weighted by atomic mass is 10.1. The molecule has 1 atom stereocenters. The van der Waals surface area contributed by atoms with Crippen LogP contribution in [0, 0.1) is 9.39 Å². The van der Waals surface area contributed by atoms with Crippen molar-refractivity contribution in [1.82, 2.24) is 0 Å². The summed E-state index contributed by atoms with van der Waals surface area (Å²) in [6.45, 7) is 1.97. The van der Waals surface area contributed by atoms with Gasteiger partial charge in [-0.25, -0.2) is 4.39 Å². The van der Waals surface area contributed by atoms with Crippen LogP contribution in [0.2, 0.25) is 0 Å². The molecule has 2 aromatic carbocycles. The van der Waals surface area contributed by atoms with Crippen LogP contribution >= 0.6 is 22.6 Å². The minimum atomic E-state index is -0.189. The Morgan fingerprint density at radius 3 is 2.53 bits per heavy atom. The molecule has 4 heteroatoms. The predicted molar refractivity (Wildman–Crippen MR) is 86.8 cm³/mol. The van der Waals surface area contributed by atoms with E-state index in [-0.39, 0.29) is 11.9 Å². The third-order valence-corrected chi connectivity index (χ3v) is 3.98. The van der Waals surface area contributed by atoms with E-state index in [9.17, 15) is 4.39 Å². The van der Waals surface area contributed by atoms with Gasteiger partial charge in [0.1, 0.15) is 5.82 Å². The van der Waals surface area contributed by atoms with Crippen LogP contribution in [-0.2, 0) is 0 Å². The highest BCUT2D eigenvalue weighted by Gasteiger charge is 2.17. The molecule has 0 saturated carbocycles. The van der Waals surface area contributed by atoms with Gasteiger partial charge in [0.15, 0.2) is 0 Å². The van der Waals surface area contributed by atoms with Crippen molar-refractivity contribution in [2.75, 3.05) is 17.7 Å². The second-order valence-electron chi connectivity index (χ2n) is 4.51. The number of hydrogen-bond acceptors (Lipinski definition) is 2. The number of nitrogens with zero attached hydrogens (tertiary/aromatic N) is 1. The van der Waals surface area contributed by atoms with Gasteiger partial charge in [0.05, 0.1) is 17.4 Å². The molecule has 0 radical (unpaired) electrons. The summed E-state index contributed by atoms with van der Waals surface area (Å²) in [6, 6.07) is 12.6. The number of anilines is 2. The van der Waals surface area contributed by atoms with Crippen LogP contribution in [0.5, 0.6) is 0 Å². The van der Waals surface area contributed by atoms with Gasteiger partial charge in [-0.3, -0.25) is 0 Å². The zero-order chi connectivity index (χ0) is 14.0. The average Bonchev–Trinajstić information content (AvgIpc) is 2.38. The van der Waals surface area contributed by atoms with E-state index in [1.807, 2.05) is 43.1 Å². The molecular weight excluding hydrogens is 354 g/mol. The molecule has 0 spiro atoms. The van der Waals surface area contributed by atoms with Gasteiger partial charge in [0, 0.05) is 16.2 Å². The number of halogens is 2. The van der Waals surface area contributed by atoms with Crippen molar-refractivity contribution in [1.29, 1.82) is 0 Å². The van der Waals surface area contributed by atoms with E-state index in [2.05, 4.69) is 22.6 Å². The second-order valence-corrected chi connectivity index (χ2v) is 5.76. The van der Waals surface area contributed by atoms with E-state index in [0.717, 1.165) is 9.26 Å². The molecule has 2 rings (SSSR count). The topological polar surface area (TPSA) is 29.3 Å². The number of nitrogens with two attached hydrogens (primary N) is 1. The Kier molecular flexibility index (Phi) is 4.29. The lowest BCUT2D eigenvalue weighted by Gasteiger charge is -2.28. The van der Waals surface area contributed by atoms with E-state index in [0.29, 0.717) is 11.3 Å². The van der Waals surface area contributed by atoms with E-state index >= 15 is 0 Å². The lowest BCUT2D eigenvalue weighted by Crippen LogP contribution is -2.23. The highest BCUT2D eigenvalue weighted by atomic mass is 127. The molecule has 0 amide bonds. The lowest BCUT2D eigenvalue weighted by molar-refractivity contribution is 0.585. The van der Waals surface area contributed by atoms with Crippen molar-refractivity contribution < 1.29 is 4.39 Å². The first-order chi connectivity index (χ1) is 9.00. The van der Waals surface area contributed by atoms with Gasteiger partial charge in [-0.05, 0) is 53.8 Å². The minimum absolute atomic E-state index is 0.0800. The minimum Gasteiger partial charge on any atom is -0.397 e. The Labute approximate surface area is 126 Å². The zero-order valence-electron chi connectivity index (χ0n) is 10.9. The molecule has 0 saturated heterocycles. The number of rotatable bonds is 3. The maximum absolute atomic E-state index is 13.8. The molecule has 1 unspecified atom stereocenters. The molecule has 19 heavy (non-hydrogen) atoms. The molecule has 2 aromatic rings. The van der Waals surface area contributed by atoms with Gasteiger partial charge in [0.25, 0.3) is 0 Å². The second kappa shape index (κ2) is 5.77. The molecule has 2 N–H and O–H groups in total. The van der Waals surface area contributed by atoms with Crippen molar-refractivity contribution in [2.45, 2.75) is 13.0 Å². The maximum Gasteiger partial charge on any atom is 0.128 e. The van der Waals surface area contributed by atoms with E-state index in [4.69, 9.17) is 5.73 Å². The highest BCUT2D eigenvalue weighted by Crippen LogP contribution is 2.31. The molecule has 0 aliphatic heterocycles. The molecule has 0 aromatic heterocycles. The fraction of sp³-hybridized carbons (Fsp3) is 0.200. The summed E-state index contributed by atoms with van der Waals surface area (Å²) in [7, 11) is 1.93. The smallest absolute Gasteiger partial charge is 0.128 e. The molecule has 0 fully saturated rings. The summed E-state index contributed by atoms with van der Waals surface area (Å²) >= 11 is 2.22. The molecule has 100 valence electrons. The van der Waals surface area contributed by atoms with Gasteiger partial charge >= 0.3 is 0 Å². The quantitative estimate of drug-likeness (QED) is 0.648. The summed E-state index contributed by atoms with van der Waals surface area (Å²) in [6.07, 6.45) is 0. The van der Waals surface area contributed by atoms with Crippen molar-refractivity contribution in [2.24, 2.45) is 0 Å². The van der Waals surface area contributed by atoms with Crippen molar-refractivity contribution in [3.8, 4) is 0 Å². The standard InChI is InChI=1S/C15H16FIN2/c1-10(12-5-3-4-6-13(12)16)19(2)15-8-7-11(17)9-14(15)18/h3-10H,18H2,1-2H3. The number of hydrogen-bond donors (Lipinski definition) is 1. The van der Waals surface area contributed by atoms with Crippen LogP contribution in [-0.4, -0.2) is 7.05 Å². The summed E-state index contributed by atoms with van der Waals surface area (Å²) < 4.78 is 14.9. The molecule has 0 bridgehead atoms. The Hall–Kier alpha value is -1.30. The van der Waals surface area contributed by atoms with E-state index < -0.39 is 0 Å². The van der Waals surface area contributed by atoms with Crippen LogP contribution in [0.3, 0.4) is 0 Å². The van der Waals surface area contributed by atoms with Crippen LogP contribution < -0.4 is 10.6 Å². The summed E-state index contributed by atoms with van der Waals surface area (Å²) in [5.74, 6) is -0.189. The van der Waals surface area contributed by atoms with E-state index in [1.54, 1.807) is 12.1 Å². The van der Waals surface area contributed by atoms with Crippen LogP contribution in [0.15, 0.2) is 42.5 Å². The number of nitrogen functional groups attached to an aromatic ring is 1. The monoisotopic (exact) mass is 370 g/mol. The normalized spacial score (nSPS) is 12.2. The molecule has 0 aliphatic rings. The van der Waals surface area contributed by atoms with Crippen molar-refractivity contribution in [3.63, 3.8) is 0 Å². The third-order valence-electron chi connectivity index (χ3n) is 3.31. The molecule has 2 nitrogen and oxygen atoms in total. The first-order valence-corrected chi connectivity index (χ1v) is 7.11. The van der Waals surface area contributed by atoms with Gasteiger partial charge in [0.2, 0.25) is 0 Å².